The molecule has 0 aliphatic carbocycles. The van der Waals surface area contributed by atoms with Crippen molar-refractivity contribution in [2.75, 3.05) is 11.5 Å². The van der Waals surface area contributed by atoms with Crippen LogP contribution in [-0.2, 0) is 6.42 Å². The molecule has 1 unspecified atom stereocenters. The highest BCUT2D eigenvalue weighted by atomic mass is 35.5. The van der Waals surface area contributed by atoms with Crippen LogP contribution in [0.15, 0.2) is 18.2 Å². The largest absolute Gasteiger partial charge is 0.392 e. The van der Waals surface area contributed by atoms with Crippen LogP contribution in [0.2, 0.25) is 5.02 Å². The quantitative estimate of drug-likeness (QED) is 0.864. The highest BCUT2D eigenvalue weighted by Crippen LogP contribution is 2.17. The summed E-state index contributed by atoms with van der Waals surface area (Å²) in [5.74, 6) is 1.27. The van der Waals surface area contributed by atoms with Crippen molar-refractivity contribution >= 4 is 23.4 Å². The normalized spacial score (nSPS) is 12.8. The molecular formula is C11H14ClFOS. The van der Waals surface area contributed by atoms with Crippen molar-refractivity contribution in [2.24, 2.45) is 0 Å². The number of aliphatic hydroxyl groups excluding tert-OH is 1. The molecule has 1 atom stereocenters. The summed E-state index contributed by atoms with van der Waals surface area (Å²) in [6.45, 7) is 2.05. The van der Waals surface area contributed by atoms with Crippen LogP contribution < -0.4 is 0 Å². The molecule has 0 fully saturated rings. The summed E-state index contributed by atoms with van der Waals surface area (Å²) < 4.78 is 12.8. The number of thioether (sulfide) groups is 1. The number of hydrogen-bond acceptors (Lipinski definition) is 2. The van der Waals surface area contributed by atoms with Gasteiger partial charge >= 0.3 is 0 Å². The topological polar surface area (TPSA) is 20.2 Å². The Kier molecular flexibility index (Phi) is 5.43. The number of aliphatic hydroxyl groups is 1. The molecule has 0 saturated carbocycles. The summed E-state index contributed by atoms with van der Waals surface area (Å²) in [4.78, 5) is 0. The number of halogens is 2. The first kappa shape index (κ1) is 12.8. The van der Waals surface area contributed by atoms with Gasteiger partial charge in [0.1, 0.15) is 5.82 Å². The Morgan fingerprint density at radius 1 is 1.53 bits per heavy atom. The predicted octanol–water partition coefficient (Wildman–Crippen LogP) is 3.14. The fourth-order valence-corrected chi connectivity index (χ4v) is 2.08. The van der Waals surface area contributed by atoms with Gasteiger partial charge in [-0.3, -0.25) is 0 Å². The van der Waals surface area contributed by atoms with Crippen LogP contribution in [0.3, 0.4) is 0 Å². The molecule has 0 aromatic heterocycles. The molecule has 0 spiro atoms. The maximum Gasteiger partial charge on any atom is 0.141 e. The van der Waals surface area contributed by atoms with Crippen molar-refractivity contribution in [1.29, 1.82) is 0 Å². The van der Waals surface area contributed by atoms with Crippen molar-refractivity contribution in [3.05, 3.63) is 34.6 Å². The Bertz CT molecular complexity index is 319. The lowest BCUT2D eigenvalue weighted by molar-refractivity contribution is 0.200. The van der Waals surface area contributed by atoms with Gasteiger partial charge in [0.15, 0.2) is 0 Å². The summed E-state index contributed by atoms with van der Waals surface area (Å²) >= 11 is 7.33. The predicted molar refractivity (Wildman–Crippen MR) is 64.1 cm³/mol. The van der Waals surface area contributed by atoms with Gasteiger partial charge in [0.2, 0.25) is 0 Å². The van der Waals surface area contributed by atoms with E-state index in [-0.39, 0.29) is 5.02 Å². The molecule has 0 bridgehead atoms. The molecule has 1 N–H and O–H groups in total. The van der Waals surface area contributed by atoms with Gasteiger partial charge in [-0.1, -0.05) is 24.6 Å². The van der Waals surface area contributed by atoms with E-state index in [0.717, 1.165) is 11.3 Å². The van der Waals surface area contributed by atoms with Crippen molar-refractivity contribution in [2.45, 2.75) is 19.4 Å². The number of benzene rings is 1. The molecule has 1 aromatic rings. The molecule has 0 amide bonds. The highest BCUT2D eigenvalue weighted by molar-refractivity contribution is 7.99. The van der Waals surface area contributed by atoms with E-state index in [1.165, 1.54) is 6.07 Å². The van der Waals surface area contributed by atoms with E-state index in [1.807, 2.05) is 6.92 Å². The van der Waals surface area contributed by atoms with E-state index in [2.05, 4.69) is 0 Å². The van der Waals surface area contributed by atoms with Gasteiger partial charge in [0, 0.05) is 5.75 Å². The highest BCUT2D eigenvalue weighted by Gasteiger charge is 2.07. The zero-order valence-corrected chi connectivity index (χ0v) is 10.1. The van der Waals surface area contributed by atoms with Gasteiger partial charge in [-0.05, 0) is 29.9 Å². The smallest absolute Gasteiger partial charge is 0.141 e. The van der Waals surface area contributed by atoms with Crippen molar-refractivity contribution in [3.63, 3.8) is 0 Å². The van der Waals surface area contributed by atoms with Gasteiger partial charge in [0.25, 0.3) is 0 Å². The molecule has 84 valence electrons. The molecule has 0 saturated heterocycles. The second-order valence-corrected chi connectivity index (χ2v) is 4.99. The zero-order chi connectivity index (χ0) is 11.3. The summed E-state index contributed by atoms with van der Waals surface area (Å²) in [6, 6.07) is 4.55. The SMILES string of the molecule is CCSCC(O)Cc1ccc(F)c(Cl)c1. The maximum atomic E-state index is 12.8. The first-order valence-corrected chi connectivity index (χ1v) is 6.36. The third kappa shape index (κ3) is 4.41. The fourth-order valence-electron chi connectivity index (χ4n) is 1.25. The fraction of sp³-hybridized carbons (Fsp3) is 0.455. The zero-order valence-electron chi connectivity index (χ0n) is 8.54. The van der Waals surface area contributed by atoms with Crippen LogP contribution in [0.5, 0.6) is 0 Å². The second kappa shape index (κ2) is 6.36. The summed E-state index contributed by atoms with van der Waals surface area (Å²) in [6.07, 6.45) is 0.129. The van der Waals surface area contributed by atoms with Gasteiger partial charge in [-0.25, -0.2) is 4.39 Å². The van der Waals surface area contributed by atoms with Crippen LogP contribution in [0.4, 0.5) is 4.39 Å². The van der Waals surface area contributed by atoms with E-state index in [4.69, 9.17) is 11.6 Å². The van der Waals surface area contributed by atoms with Crippen LogP contribution in [-0.4, -0.2) is 22.7 Å². The lowest BCUT2D eigenvalue weighted by Gasteiger charge is -2.09. The molecule has 1 rings (SSSR count). The molecule has 1 aromatic carbocycles. The Morgan fingerprint density at radius 2 is 2.27 bits per heavy atom. The average molecular weight is 249 g/mol. The number of hydrogen-bond donors (Lipinski definition) is 1. The van der Waals surface area contributed by atoms with Crippen molar-refractivity contribution in [1.82, 2.24) is 0 Å². The summed E-state index contributed by atoms with van der Waals surface area (Å²) in [5.41, 5.74) is 0.866. The average Bonchev–Trinajstić information content (AvgIpc) is 2.20. The minimum Gasteiger partial charge on any atom is -0.392 e. The first-order chi connectivity index (χ1) is 7.13. The maximum absolute atomic E-state index is 12.8. The minimum absolute atomic E-state index is 0.114. The number of rotatable bonds is 5. The Balaban J connectivity index is 2.53. The third-order valence-electron chi connectivity index (χ3n) is 1.97. The molecule has 0 aliphatic heterocycles. The van der Waals surface area contributed by atoms with E-state index >= 15 is 0 Å². The third-order valence-corrected chi connectivity index (χ3v) is 3.29. The van der Waals surface area contributed by atoms with E-state index in [1.54, 1.807) is 23.9 Å². The molecule has 0 radical (unpaired) electrons. The Hall–Kier alpha value is -0.250. The summed E-state index contributed by atoms with van der Waals surface area (Å²) in [5, 5.41) is 9.75. The Morgan fingerprint density at radius 3 is 2.87 bits per heavy atom. The van der Waals surface area contributed by atoms with Crippen molar-refractivity contribution in [3.8, 4) is 0 Å². The van der Waals surface area contributed by atoms with Crippen LogP contribution in [0.1, 0.15) is 12.5 Å². The first-order valence-electron chi connectivity index (χ1n) is 4.83. The molecule has 0 aliphatic rings. The monoisotopic (exact) mass is 248 g/mol. The van der Waals surface area contributed by atoms with E-state index < -0.39 is 11.9 Å². The van der Waals surface area contributed by atoms with Crippen LogP contribution >= 0.6 is 23.4 Å². The second-order valence-electron chi connectivity index (χ2n) is 3.27. The van der Waals surface area contributed by atoms with E-state index in [9.17, 15) is 9.50 Å². The summed E-state index contributed by atoms with van der Waals surface area (Å²) in [7, 11) is 0. The van der Waals surface area contributed by atoms with Gasteiger partial charge in [-0.15, -0.1) is 0 Å². The molecule has 0 heterocycles. The van der Waals surface area contributed by atoms with Gasteiger partial charge in [-0.2, -0.15) is 11.8 Å². The standard InChI is InChI=1S/C11H14ClFOS/c1-2-15-7-9(14)5-8-3-4-11(13)10(12)6-8/h3-4,6,9,14H,2,5,7H2,1H3. The molecule has 1 nitrogen and oxygen atoms in total. The molecule has 15 heavy (non-hydrogen) atoms. The Labute approximate surface area is 98.6 Å². The molecule has 4 heteroatoms. The lowest BCUT2D eigenvalue weighted by atomic mass is 10.1. The van der Waals surface area contributed by atoms with Crippen molar-refractivity contribution < 1.29 is 9.50 Å². The van der Waals surface area contributed by atoms with E-state index in [0.29, 0.717) is 12.2 Å². The van der Waals surface area contributed by atoms with Gasteiger partial charge in [0.05, 0.1) is 11.1 Å². The van der Waals surface area contributed by atoms with Gasteiger partial charge < -0.3 is 5.11 Å². The molecular weight excluding hydrogens is 235 g/mol. The minimum atomic E-state index is -0.419. The van der Waals surface area contributed by atoms with Crippen LogP contribution in [0.25, 0.3) is 0 Å². The lowest BCUT2D eigenvalue weighted by Crippen LogP contribution is -2.13. The van der Waals surface area contributed by atoms with Crippen LogP contribution in [0, 0.1) is 5.82 Å².